The first-order valence-corrected chi connectivity index (χ1v) is 7.15. The van der Waals surface area contributed by atoms with Gasteiger partial charge in [-0.2, -0.15) is 0 Å². The van der Waals surface area contributed by atoms with Gasteiger partial charge >= 0.3 is 0 Å². The number of ether oxygens (including phenoxy) is 2. The van der Waals surface area contributed by atoms with Crippen molar-refractivity contribution in [2.75, 3.05) is 26.9 Å². The second-order valence-corrected chi connectivity index (χ2v) is 5.19. The molecule has 3 N–H and O–H groups in total. The van der Waals surface area contributed by atoms with Crippen LogP contribution in [0.2, 0.25) is 0 Å². The van der Waals surface area contributed by atoms with Crippen molar-refractivity contribution in [3.05, 3.63) is 34.9 Å². The highest BCUT2D eigenvalue weighted by atomic mass is 16.5. The molecule has 0 saturated heterocycles. The molecule has 0 aliphatic carbocycles. The number of amides is 2. The topological polar surface area (TPSA) is 90.7 Å². The zero-order valence-corrected chi connectivity index (χ0v) is 13.3. The molecule has 1 atom stereocenters. The predicted octanol–water partition coefficient (Wildman–Crippen LogP) is 0.479. The quantitative estimate of drug-likeness (QED) is 0.649. The van der Waals surface area contributed by atoms with Crippen molar-refractivity contribution in [3.63, 3.8) is 0 Å². The Bertz CT molecular complexity index is 517. The molecular formula is C16H24N2O4. The molecule has 0 unspecified atom stereocenters. The summed E-state index contributed by atoms with van der Waals surface area (Å²) in [5.74, 6) is -0.938. The highest BCUT2D eigenvalue weighted by molar-refractivity contribution is 5.87. The van der Waals surface area contributed by atoms with E-state index in [2.05, 4.69) is 5.32 Å². The van der Waals surface area contributed by atoms with Gasteiger partial charge in [-0.05, 0) is 30.5 Å². The third kappa shape index (κ3) is 6.24. The highest BCUT2D eigenvalue weighted by Gasteiger charge is 2.18. The van der Waals surface area contributed by atoms with Crippen molar-refractivity contribution < 1.29 is 19.1 Å². The van der Waals surface area contributed by atoms with Crippen LogP contribution in [0.1, 0.15) is 16.7 Å². The number of primary amides is 1. The van der Waals surface area contributed by atoms with Crippen LogP contribution < -0.4 is 11.1 Å². The maximum absolute atomic E-state index is 11.7. The van der Waals surface area contributed by atoms with E-state index in [1.807, 2.05) is 32.0 Å². The molecule has 0 saturated carbocycles. The van der Waals surface area contributed by atoms with E-state index in [4.69, 9.17) is 15.2 Å². The minimum absolute atomic E-state index is 0.125. The summed E-state index contributed by atoms with van der Waals surface area (Å²) in [5.41, 5.74) is 8.62. The molecule has 6 nitrogen and oxygen atoms in total. The van der Waals surface area contributed by atoms with E-state index in [0.717, 1.165) is 11.1 Å². The smallest absolute Gasteiger partial charge is 0.246 e. The van der Waals surface area contributed by atoms with Gasteiger partial charge in [-0.1, -0.05) is 18.2 Å². The predicted molar refractivity (Wildman–Crippen MR) is 83.4 cm³/mol. The van der Waals surface area contributed by atoms with E-state index in [0.29, 0.717) is 19.6 Å². The Morgan fingerprint density at radius 3 is 2.55 bits per heavy atom. The number of nitrogens with one attached hydrogen (secondary N) is 1. The first-order valence-electron chi connectivity index (χ1n) is 7.15. The molecule has 1 aromatic rings. The molecule has 0 bridgehead atoms. The molecule has 0 aliphatic heterocycles. The van der Waals surface area contributed by atoms with Gasteiger partial charge in [0.2, 0.25) is 11.8 Å². The fraction of sp³-hybridized carbons (Fsp3) is 0.500. The van der Waals surface area contributed by atoms with Crippen molar-refractivity contribution in [2.24, 2.45) is 5.73 Å². The minimum atomic E-state index is -0.749. The lowest BCUT2D eigenvalue weighted by atomic mass is 10.0. The lowest BCUT2D eigenvalue weighted by Gasteiger charge is -2.16. The van der Waals surface area contributed by atoms with Crippen molar-refractivity contribution in [2.45, 2.75) is 26.3 Å². The molecule has 22 heavy (non-hydrogen) atoms. The number of carbonyl (C=O) groups is 2. The van der Waals surface area contributed by atoms with Crippen LogP contribution in [0, 0.1) is 13.8 Å². The molecule has 6 heteroatoms. The molecular weight excluding hydrogens is 284 g/mol. The van der Waals surface area contributed by atoms with Gasteiger partial charge in [0, 0.05) is 13.5 Å². The van der Waals surface area contributed by atoms with Crippen molar-refractivity contribution in [1.29, 1.82) is 0 Å². The summed E-state index contributed by atoms with van der Waals surface area (Å²) in [6, 6.07) is 5.16. The van der Waals surface area contributed by atoms with Gasteiger partial charge in [0.15, 0.2) is 0 Å². The lowest BCUT2D eigenvalue weighted by molar-refractivity contribution is -0.130. The molecule has 0 fully saturated rings. The van der Waals surface area contributed by atoms with Crippen molar-refractivity contribution >= 4 is 11.8 Å². The van der Waals surface area contributed by atoms with Crippen LogP contribution in [0.25, 0.3) is 0 Å². The van der Waals surface area contributed by atoms with Gasteiger partial charge in [-0.15, -0.1) is 0 Å². The van der Waals surface area contributed by atoms with Gasteiger partial charge in [0.25, 0.3) is 0 Å². The number of aryl methyl sites for hydroxylation is 2. The van der Waals surface area contributed by atoms with E-state index in [1.54, 1.807) is 7.11 Å². The Hall–Kier alpha value is -1.92. The standard InChI is InChI=1S/C16H24N2O4/c1-11-4-5-13(8-12(11)2)9-14(16(17)20)18-15(19)10-22-7-6-21-3/h4-5,8,14H,6-7,9-10H2,1-3H3,(H2,17,20)(H,18,19)/t14-/m1/s1. The summed E-state index contributed by atoms with van der Waals surface area (Å²) in [4.78, 5) is 23.3. The number of rotatable bonds is 9. The summed E-state index contributed by atoms with van der Waals surface area (Å²) in [5, 5.41) is 2.60. The monoisotopic (exact) mass is 308 g/mol. The molecule has 0 radical (unpaired) electrons. The minimum Gasteiger partial charge on any atom is -0.382 e. The molecule has 0 aromatic heterocycles. The summed E-state index contributed by atoms with van der Waals surface area (Å²) >= 11 is 0. The van der Waals surface area contributed by atoms with Crippen molar-refractivity contribution in [1.82, 2.24) is 5.32 Å². The first-order chi connectivity index (χ1) is 10.4. The Balaban J connectivity index is 2.56. The van der Waals surface area contributed by atoms with Crippen LogP contribution in [-0.4, -0.2) is 44.8 Å². The van der Waals surface area contributed by atoms with Crippen LogP contribution in [0.3, 0.4) is 0 Å². The average Bonchev–Trinajstić information content (AvgIpc) is 2.46. The molecule has 122 valence electrons. The molecule has 1 rings (SSSR count). The summed E-state index contributed by atoms with van der Waals surface area (Å²) in [6.45, 7) is 4.63. The van der Waals surface area contributed by atoms with E-state index < -0.39 is 11.9 Å². The molecule has 2 amide bonds. The Kier molecular flexibility index (Phi) is 7.56. The fourth-order valence-corrected chi connectivity index (χ4v) is 1.93. The molecule has 0 aliphatic rings. The number of carbonyl (C=O) groups excluding carboxylic acids is 2. The summed E-state index contributed by atoms with van der Waals surface area (Å²) in [7, 11) is 1.55. The van der Waals surface area contributed by atoms with E-state index >= 15 is 0 Å². The number of hydrogen-bond acceptors (Lipinski definition) is 4. The Morgan fingerprint density at radius 1 is 1.23 bits per heavy atom. The van der Waals surface area contributed by atoms with E-state index in [9.17, 15) is 9.59 Å². The second kappa shape index (κ2) is 9.17. The van der Waals surface area contributed by atoms with Gasteiger partial charge in [0.05, 0.1) is 13.2 Å². The molecule has 0 spiro atoms. The zero-order chi connectivity index (χ0) is 16.5. The first kappa shape index (κ1) is 18.1. The maximum Gasteiger partial charge on any atom is 0.246 e. The number of hydrogen-bond donors (Lipinski definition) is 2. The maximum atomic E-state index is 11.7. The van der Waals surface area contributed by atoms with Crippen LogP contribution in [-0.2, 0) is 25.5 Å². The van der Waals surface area contributed by atoms with Crippen LogP contribution in [0.15, 0.2) is 18.2 Å². The Labute approximate surface area is 131 Å². The summed E-state index contributed by atoms with van der Waals surface area (Å²) in [6.07, 6.45) is 0.361. The number of benzene rings is 1. The normalized spacial score (nSPS) is 12.0. The Morgan fingerprint density at radius 2 is 1.95 bits per heavy atom. The molecule has 1 aromatic carbocycles. The molecule has 0 heterocycles. The summed E-state index contributed by atoms with van der Waals surface area (Å²) < 4.78 is 9.92. The number of nitrogens with two attached hydrogens (primary N) is 1. The second-order valence-electron chi connectivity index (χ2n) is 5.19. The van der Waals surface area contributed by atoms with Crippen LogP contribution in [0.5, 0.6) is 0 Å². The lowest BCUT2D eigenvalue weighted by Crippen LogP contribution is -2.47. The van der Waals surface area contributed by atoms with Crippen LogP contribution in [0.4, 0.5) is 0 Å². The SMILES string of the molecule is COCCOCC(=O)N[C@H](Cc1ccc(C)c(C)c1)C(N)=O. The van der Waals surface area contributed by atoms with Gasteiger partial charge in [0.1, 0.15) is 12.6 Å². The fourth-order valence-electron chi connectivity index (χ4n) is 1.93. The van der Waals surface area contributed by atoms with Gasteiger partial charge < -0.3 is 20.5 Å². The third-order valence-electron chi connectivity index (χ3n) is 3.35. The largest absolute Gasteiger partial charge is 0.382 e. The average molecular weight is 308 g/mol. The van der Waals surface area contributed by atoms with Gasteiger partial charge in [-0.3, -0.25) is 9.59 Å². The highest BCUT2D eigenvalue weighted by Crippen LogP contribution is 2.11. The number of methoxy groups -OCH3 is 1. The zero-order valence-electron chi connectivity index (χ0n) is 13.3. The van der Waals surface area contributed by atoms with E-state index in [-0.39, 0.29) is 12.5 Å². The van der Waals surface area contributed by atoms with Gasteiger partial charge in [-0.25, -0.2) is 0 Å². The van der Waals surface area contributed by atoms with Crippen molar-refractivity contribution in [3.8, 4) is 0 Å². The van der Waals surface area contributed by atoms with E-state index in [1.165, 1.54) is 5.56 Å². The van der Waals surface area contributed by atoms with Crippen LogP contribution >= 0.6 is 0 Å². The third-order valence-corrected chi connectivity index (χ3v) is 3.35.